The number of carbonyl (C=O) groups excluding carboxylic acids is 1. The number of unbranched alkanes of at least 4 members (excludes halogenated alkanes) is 1. The number of ether oxygens (including phenoxy) is 2. The van der Waals surface area contributed by atoms with Crippen LogP contribution in [0.3, 0.4) is 0 Å². The van der Waals surface area contributed by atoms with E-state index >= 15 is 0 Å². The number of hydrogen-bond acceptors (Lipinski definition) is 7. The number of piperazine rings is 1. The Morgan fingerprint density at radius 3 is 2.56 bits per heavy atom. The first-order chi connectivity index (χ1) is 20.9. The molecule has 0 N–H and O–H groups in total. The van der Waals surface area contributed by atoms with Gasteiger partial charge in [0.15, 0.2) is 0 Å². The second-order valence-electron chi connectivity index (χ2n) is 10.8. The van der Waals surface area contributed by atoms with Gasteiger partial charge in [-0.3, -0.25) is 9.69 Å². The Balaban J connectivity index is 1.23. The minimum Gasteiger partial charge on any atom is -0.493 e. The van der Waals surface area contributed by atoms with E-state index in [1.54, 1.807) is 12.1 Å². The molecule has 0 saturated carbocycles. The van der Waals surface area contributed by atoms with Crippen LogP contribution in [0.4, 0.5) is 0 Å². The van der Waals surface area contributed by atoms with Gasteiger partial charge in [0, 0.05) is 57.2 Å². The highest BCUT2D eigenvalue weighted by Gasteiger charge is 2.25. The fourth-order valence-electron chi connectivity index (χ4n) is 5.17. The molecule has 0 unspecified atom stereocenters. The van der Waals surface area contributed by atoms with Crippen LogP contribution in [0.1, 0.15) is 58.5 Å². The Morgan fingerprint density at radius 2 is 1.79 bits per heavy atom. The highest BCUT2D eigenvalue weighted by molar-refractivity contribution is 5.97. The van der Waals surface area contributed by atoms with Crippen LogP contribution in [-0.4, -0.2) is 63.0 Å². The van der Waals surface area contributed by atoms with Gasteiger partial charge in [0.05, 0.1) is 23.4 Å². The van der Waals surface area contributed by atoms with Gasteiger partial charge in [0.1, 0.15) is 23.4 Å². The zero-order valence-corrected chi connectivity index (χ0v) is 25.1. The highest BCUT2D eigenvalue weighted by Crippen LogP contribution is 2.27. The first-order valence-electron chi connectivity index (χ1n) is 14.8. The molecule has 222 valence electrons. The van der Waals surface area contributed by atoms with Gasteiger partial charge in [-0.2, -0.15) is 5.26 Å². The molecule has 1 fully saturated rings. The maximum atomic E-state index is 13.4. The Hall–Kier alpha value is -4.68. The summed E-state index contributed by atoms with van der Waals surface area (Å²) in [5.41, 5.74) is 4.03. The molecule has 0 atom stereocenters. The number of nitriles is 1. The van der Waals surface area contributed by atoms with Crippen molar-refractivity contribution in [2.24, 2.45) is 0 Å². The normalized spacial score (nSPS) is 13.5. The number of hydrogen-bond donors (Lipinski definition) is 0. The van der Waals surface area contributed by atoms with Crippen molar-refractivity contribution in [1.82, 2.24) is 24.3 Å². The van der Waals surface area contributed by atoms with E-state index in [1.807, 2.05) is 73.5 Å². The molecule has 0 bridgehead atoms. The fraction of sp³-hybridized carbons (Fsp3) is 0.353. The molecule has 1 saturated heterocycles. The van der Waals surface area contributed by atoms with Gasteiger partial charge in [0.2, 0.25) is 5.88 Å². The van der Waals surface area contributed by atoms with Crippen LogP contribution < -0.4 is 9.47 Å². The third-order valence-electron chi connectivity index (χ3n) is 7.64. The molecular formula is C34H38N6O3. The number of nitrogens with zero attached hydrogens (tertiary/aromatic N) is 6. The minimum atomic E-state index is 0.0207. The molecule has 2 aromatic heterocycles. The summed E-state index contributed by atoms with van der Waals surface area (Å²) in [6.07, 6.45) is 3.93. The SMILES string of the molecule is CCCCOc1ccccc1C(=O)N1CCN(Cc2cnc(C)n2Cc2ccc(C#N)c(Oc3cccc(C)n3)c2)CC1. The monoisotopic (exact) mass is 578 g/mol. The van der Waals surface area contributed by atoms with Gasteiger partial charge >= 0.3 is 0 Å². The van der Waals surface area contributed by atoms with Gasteiger partial charge in [-0.25, -0.2) is 9.97 Å². The summed E-state index contributed by atoms with van der Waals surface area (Å²) in [6.45, 7) is 10.8. The predicted molar refractivity (Wildman–Crippen MR) is 164 cm³/mol. The first kappa shape index (κ1) is 29.8. The molecule has 5 rings (SSSR count). The minimum absolute atomic E-state index is 0.0207. The van der Waals surface area contributed by atoms with Crippen molar-refractivity contribution in [3.05, 3.63) is 101 Å². The van der Waals surface area contributed by atoms with Crippen LogP contribution >= 0.6 is 0 Å². The van der Waals surface area contributed by atoms with Crippen molar-refractivity contribution in [3.63, 3.8) is 0 Å². The maximum absolute atomic E-state index is 13.4. The first-order valence-corrected chi connectivity index (χ1v) is 14.8. The topological polar surface area (TPSA) is 96.5 Å². The lowest BCUT2D eigenvalue weighted by molar-refractivity contribution is 0.0621. The molecule has 3 heterocycles. The Morgan fingerprint density at radius 1 is 0.977 bits per heavy atom. The average molecular weight is 579 g/mol. The number of benzene rings is 2. The second-order valence-corrected chi connectivity index (χ2v) is 10.8. The molecule has 9 nitrogen and oxygen atoms in total. The van der Waals surface area contributed by atoms with Gasteiger partial charge < -0.3 is 18.9 Å². The van der Waals surface area contributed by atoms with E-state index in [2.05, 4.69) is 32.4 Å². The number of para-hydroxylation sites is 1. The molecule has 9 heteroatoms. The van der Waals surface area contributed by atoms with E-state index in [0.717, 1.165) is 55.3 Å². The predicted octanol–water partition coefficient (Wildman–Crippen LogP) is 5.74. The number of imidazole rings is 1. The van der Waals surface area contributed by atoms with Crippen molar-refractivity contribution < 1.29 is 14.3 Å². The summed E-state index contributed by atoms with van der Waals surface area (Å²) in [4.78, 5) is 26.7. The van der Waals surface area contributed by atoms with Gasteiger partial charge in [-0.15, -0.1) is 0 Å². The van der Waals surface area contributed by atoms with Crippen LogP contribution in [0.15, 0.2) is 66.9 Å². The summed E-state index contributed by atoms with van der Waals surface area (Å²) in [7, 11) is 0. The molecule has 1 amide bonds. The maximum Gasteiger partial charge on any atom is 0.257 e. The lowest BCUT2D eigenvalue weighted by Crippen LogP contribution is -2.48. The van der Waals surface area contributed by atoms with E-state index in [4.69, 9.17) is 9.47 Å². The number of carbonyl (C=O) groups is 1. The van der Waals surface area contributed by atoms with E-state index in [1.165, 1.54) is 0 Å². The summed E-state index contributed by atoms with van der Waals surface area (Å²) >= 11 is 0. The van der Waals surface area contributed by atoms with E-state index in [0.29, 0.717) is 54.7 Å². The molecule has 0 radical (unpaired) electrons. The third-order valence-corrected chi connectivity index (χ3v) is 7.64. The Kier molecular flexibility index (Phi) is 9.70. The summed E-state index contributed by atoms with van der Waals surface area (Å²) < 4.78 is 14.1. The van der Waals surface area contributed by atoms with Crippen LogP contribution in [0.25, 0.3) is 0 Å². The number of pyridine rings is 1. The van der Waals surface area contributed by atoms with Crippen molar-refractivity contribution >= 4 is 5.91 Å². The van der Waals surface area contributed by atoms with Crippen molar-refractivity contribution in [1.29, 1.82) is 5.26 Å². The van der Waals surface area contributed by atoms with E-state index < -0.39 is 0 Å². The lowest BCUT2D eigenvalue weighted by atomic mass is 10.1. The van der Waals surface area contributed by atoms with Crippen molar-refractivity contribution in [2.75, 3.05) is 32.8 Å². The van der Waals surface area contributed by atoms with Gasteiger partial charge in [-0.1, -0.05) is 37.6 Å². The summed E-state index contributed by atoms with van der Waals surface area (Å²) in [5.74, 6) is 2.53. The lowest BCUT2D eigenvalue weighted by Gasteiger charge is -2.35. The third kappa shape index (κ3) is 7.40. The molecule has 4 aromatic rings. The molecule has 0 aliphatic carbocycles. The molecule has 1 aliphatic rings. The van der Waals surface area contributed by atoms with E-state index in [9.17, 15) is 10.1 Å². The number of aromatic nitrogens is 3. The smallest absolute Gasteiger partial charge is 0.257 e. The van der Waals surface area contributed by atoms with Gasteiger partial charge in [-0.05, 0) is 56.2 Å². The van der Waals surface area contributed by atoms with Crippen molar-refractivity contribution in [2.45, 2.75) is 46.7 Å². The number of aryl methyl sites for hydroxylation is 2. The standard InChI is InChI=1S/C34H38N6O3/c1-4-5-19-42-31-11-7-6-10-30(31)34(41)39-17-15-38(16-18-39)24-29-22-36-26(3)40(29)23-27-13-14-28(21-35)32(20-27)43-33-12-8-9-25(2)37-33/h6-14,20,22H,4-5,15-19,23-24H2,1-3H3. The van der Waals surface area contributed by atoms with Crippen molar-refractivity contribution in [3.8, 4) is 23.4 Å². The zero-order valence-electron chi connectivity index (χ0n) is 25.1. The van der Waals surface area contributed by atoms with Crippen LogP contribution in [0, 0.1) is 25.2 Å². The molecule has 0 spiro atoms. The molecule has 1 aliphatic heterocycles. The van der Waals surface area contributed by atoms with Crippen LogP contribution in [0.5, 0.6) is 17.4 Å². The fourth-order valence-corrected chi connectivity index (χ4v) is 5.17. The second kappa shape index (κ2) is 14.0. The highest BCUT2D eigenvalue weighted by atomic mass is 16.5. The molecular weight excluding hydrogens is 540 g/mol. The van der Waals surface area contributed by atoms with Crippen LogP contribution in [-0.2, 0) is 13.1 Å². The van der Waals surface area contributed by atoms with Crippen LogP contribution in [0.2, 0.25) is 0 Å². The summed E-state index contributed by atoms with van der Waals surface area (Å²) in [5, 5.41) is 9.64. The quantitative estimate of drug-likeness (QED) is 0.209. The molecule has 43 heavy (non-hydrogen) atoms. The van der Waals surface area contributed by atoms with Gasteiger partial charge in [0.25, 0.3) is 5.91 Å². The largest absolute Gasteiger partial charge is 0.493 e. The number of amides is 1. The average Bonchev–Trinajstić information content (AvgIpc) is 3.35. The zero-order chi connectivity index (χ0) is 30.2. The Labute approximate surface area is 253 Å². The summed E-state index contributed by atoms with van der Waals surface area (Å²) in [6, 6.07) is 21.0. The molecule has 2 aromatic carbocycles. The number of rotatable bonds is 11. The Bertz CT molecular complexity index is 1600. The van der Waals surface area contributed by atoms with E-state index in [-0.39, 0.29) is 5.91 Å².